The van der Waals surface area contributed by atoms with Gasteiger partial charge in [-0.15, -0.1) is 0 Å². The van der Waals surface area contributed by atoms with Crippen molar-refractivity contribution in [3.05, 3.63) is 0 Å². The summed E-state index contributed by atoms with van der Waals surface area (Å²) in [6, 6.07) is 0. The third kappa shape index (κ3) is 9.95. The number of rotatable bonds is 7. The van der Waals surface area contributed by atoms with Crippen molar-refractivity contribution in [3.63, 3.8) is 0 Å². The molecule has 0 rings (SSSR count). The highest BCUT2D eigenvalue weighted by molar-refractivity contribution is 7.89. The number of ether oxygens (including phenoxy) is 1. The first kappa shape index (κ1) is 14.7. The summed E-state index contributed by atoms with van der Waals surface area (Å²) in [6.07, 6.45) is -3.92. The third-order valence-corrected chi connectivity index (χ3v) is 2.90. The standard InChI is InChI=1S/C7H14F3NO3S/c1-2-5-15(12,13)11-3-4-14-6-7(8,9)10/h11H,2-6H2,1H3. The van der Waals surface area contributed by atoms with Crippen molar-refractivity contribution in [3.8, 4) is 0 Å². The Balaban J connectivity index is 3.55. The molecule has 1 N–H and O–H groups in total. The Hall–Kier alpha value is -0.340. The van der Waals surface area contributed by atoms with E-state index >= 15 is 0 Å². The molecule has 0 amide bonds. The van der Waals surface area contributed by atoms with Gasteiger partial charge in [0.25, 0.3) is 0 Å². The number of nitrogens with one attached hydrogen (secondary N) is 1. The average Bonchev–Trinajstić information content (AvgIpc) is 2.00. The van der Waals surface area contributed by atoms with Crippen LogP contribution < -0.4 is 4.72 Å². The maximum Gasteiger partial charge on any atom is 0.411 e. The number of hydrogen-bond acceptors (Lipinski definition) is 3. The Morgan fingerprint density at radius 1 is 1.33 bits per heavy atom. The SMILES string of the molecule is CCCS(=O)(=O)NCCOCC(F)(F)F. The van der Waals surface area contributed by atoms with Crippen molar-refractivity contribution in [2.75, 3.05) is 25.5 Å². The lowest BCUT2D eigenvalue weighted by molar-refractivity contribution is -0.173. The van der Waals surface area contributed by atoms with Gasteiger partial charge >= 0.3 is 6.18 Å². The molecule has 0 saturated heterocycles. The zero-order valence-electron chi connectivity index (χ0n) is 8.30. The van der Waals surface area contributed by atoms with Crippen LogP contribution in [0.1, 0.15) is 13.3 Å². The highest BCUT2D eigenvalue weighted by atomic mass is 32.2. The molecular formula is C7H14F3NO3S. The largest absolute Gasteiger partial charge is 0.411 e. The van der Waals surface area contributed by atoms with Gasteiger partial charge in [0.05, 0.1) is 12.4 Å². The lowest BCUT2D eigenvalue weighted by atomic mass is 10.6. The van der Waals surface area contributed by atoms with Crippen LogP contribution in [0.2, 0.25) is 0 Å². The van der Waals surface area contributed by atoms with Crippen molar-refractivity contribution >= 4 is 10.0 Å². The summed E-state index contributed by atoms with van der Waals surface area (Å²) >= 11 is 0. The van der Waals surface area contributed by atoms with Crippen LogP contribution in [-0.4, -0.2) is 40.1 Å². The summed E-state index contributed by atoms with van der Waals surface area (Å²) in [7, 11) is -3.36. The fraction of sp³-hybridized carbons (Fsp3) is 1.00. The first-order valence-corrected chi connectivity index (χ1v) is 6.04. The van der Waals surface area contributed by atoms with E-state index in [-0.39, 0.29) is 18.9 Å². The predicted octanol–water partition coefficient (Wildman–Crippen LogP) is 0.895. The van der Waals surface area contributed by atoms with Crippen LogP contribution in [-0.2, 0) is 14.8 Å². The van der Waals surface area contributed by atoms with Crippen LogP contribution in [0, 0.1) is 0 Å². The number of alkyl halides is 3. The molecular weight excluding hydrogens is 235 g/mol. The molecule has 0 atom stereocenters. The van der Waals surface area contributed by atoms with Gasteiger partial charge in [-0.2, -0.15) is 13.2 Å². The maximum absolute atomic E-state index is 11.6. The molecule has 0 spiro atoms. The second-order valence-corrected chi connectivity index (χ2v) is 4.81. The minimum absolute atomic E-state index is 0.0354. The fourth-order valence-corrected chi connectivity index (χ4v) is 1.87. The third-order valence-electron chi connectivity index (χ3n) is 1.31. The minimum Gasteiger partial charge on any atom is -0.371 e. The molecule has 0 aliphatic heterocycles. The first-order valence-electron chi connectivity index (χ1n) is 4.38. The Morgan fingerprint density at radius 3 is 2.40 bits per heavy atom. The summed E-state index contributed by atoms with van der Waals surface area (Å²) in [4.78, 5) is 0. The monoisotopic (exact) mass is 249 g/mol. The second-order valence-electron chi connectivity index (χ2n) is 2.88. The van der Waals surface area contributed by atoms with Gasteiger partial charge in [-0.3, -0.25) is 0 Å². The molecule has 4 nitrogen and oxygen atoms in total. The van der Waals surface area contributed by atoms with Crippen LogP contribution >= 0.6 is 0 Å². The lowest BCUT2D eigenvalue weighted by Crippen LogP contribution is -2.30. The van der Waals surface area contributed by atoms with Gasteiger partial charge in [0, 0.05) is 6.54 Å². The van der Waals surface area contributed by atoms with Gasteiger partial charge in [-0.05, 0) is 6.42 Å². The van der Waals surface area contributed by atoms with E-state index in [9.17, 15) is 21.6 Å². The summed E-state index contributed by atoms with van der Waals surface area (Å²) in [6.45, 7) is -0.0945. The molecule has 15 heavy (non-hydrogen) atoms. The molecule has 0 aliphatic rings. The van der Waals surface area contributed by atoms with Crippen LogP contribution in [0.15, 0.2) is 0 Å². The van der Waals surface area contributed by atoms with E-state index in [1.807, 2.05) is 0 Å². The van der Waals surface area contributed by atoms with Crippen molar-refractivity contribution in [1.82, 2.24) is 4.72 Å². The molecule has 8 heteroatoms. The minimum atomic E-state index is -4.37. The molecule has 0 unspecified atom stereocenters. The quantitative estimate of drug-likeness (QED) is 0.682. The Kier molecular flexibility index (Phi) is 6.15. The topological polar surface area (TPSA) is 55.4 Å². The molecule has 0 aliphatic carbocycles. The van der Waals surface area contributed by atoms with Gasteiger partial charge in [0.15, 0.2) is 0 Å². The molecule has 0 radical (unpaired) electrons. The van der Waals surface area contributed by atoms with E-state index in [1.54, 1.807) is 6.92 Å². The highest BCUT2D eigenvalue weighted by Gasteiger charge is 2.27. The first-order chi connectivity index (χ1) is 6.77. The molecule has 0 bridgehead atoms. The number of sulfonamides is 1. The van der Waals surface area contributed by atoms with E-state index < -0.39 is 22.8 Å². The normalized spacial score (nSPS) is 13.1. The van der Waals surface area contributed by atoms with Gasteiger partial charge < -0.3 is 4.74 Å². The summed E-state index contributed by atoms with van der Waals surface area (Å²) < 4.78 is 63.1. The fourth-order valence-electron chi connectivity index (χ4n) is 0.798. The maximum atomic E-state index is 11.6. The van der Waals surface area contributed by atoms with Crippen molar-refractivity contribution in [1.29, 1.82) is 0 Å². The van der Waals surface area contributed by atoms with Crippen molar-refractivity contribution in [2.24, 2.45) is 0 Å². The van der Waals surface area contributed by atoms with Crippen LogP contribution in [0.25, 0.3) is 0 Å². The predicted molar refractivity (Wildman–Crippen MR) is 49.0 cm³/mol. The Bertz CT molecular complexity index is 263. The van der Waals surface area contributed by atoms with Crippen LogP contribution in [0.5, 0.6) is 0 Å². The molecule has 0 aromatic heterocycles. The summed E-state index contributed by atoms with van der Waals surface area (Å²) in [5.41, 5.74) is 0. The summed E-state index contributed by atoms with van der Waals surface area (Å²) in [5.74, 6) is -0.0354. The average molecular weight is 249 g/mol. The smallest absolute Gasteiger partial charge is 0.371 e. The van der Waals surface area contributed by atoms with Gasteiger partial charge in [0.2, 0.25) is 10.0 Å². The van der Waals surface area contributed by atoms with E-state index in [2.05, 4.69) is 9.46 Å². The summed E-state index contributed by atoms with van der Waals surface area (Å²) in [5, 5.41) is 0. The zero-order chi connectivity index (χ0) is 11.9. The second kappa shape index (κ2) is 6.29. The van der Waals surface area contributed by atoms with Crippen LogP contribution in [0.3, 0.4) is 0 Å². The van der Waals surface area contributed by atoms with E-state index in [0.717, 1.165) is 0 Å². The number of halogens is 3. The molecule has 0 saturated carbocycles. The van der Waals surface area contributed by atoms with Crippen molar-refractivity contribution in [2.45, 2.75) is 19.5 Å². The molecule has 92 valence electrons. The molecule has 0 heterocycles. The Labute approximate surface area is 86.8 Å². The highest BCUT2D eigenvalue weighted by Crippen LogP contribution is 2.13. The molecule has 0 aromatic carbocycles. The van der Waals surface area contributed by atoms with Gasteiger partial charge in [-0.1, -0.05) is 6.92 Å². The van der Waals surface area contributed by atoms with Gasteiger partial charge in [-0.25, -0.2) is 13.1 Å². The Morgan fingerprint density at radius 2 is 1.93 bits per heavy atom. The number of hydrogen-bond donors (Lipinski definition) is 1. The van der Waals surface area contributed by atoms with Crippen LogP contribution in [0.4, 0.5) is 13.2 Å². The van der Waals surface area contributed by atoms with E-state index in [4.69, 9.17) is 0 Å². The lowest BCUT2D eigenvalue weighted by Gasteiger charge is -2.08. The van der Waals surface area contributed by atoms with Crippen molar-refractivity contribution < 1.29 is 26.3 Å². The van der Waals surface area contributed by atoms with E-state index in [0.29, 0.717) is 6.42 Å². The van der Waals surface area contributed by atoms with E-state index in [1.165, 1.54) is 0 Å². The molecule has 0 aromatic rings. The van der Waals surface area contributed by atoms with Gasteiger partial charge in [0.1, 0.15) is 6.61 Å². The zero-order valence-corrected chi connectivity index (χ0v) is 9.12. The molecule has 0 fully saturated rings.